The lowest BCUT2D eigenvalue weighted by atomic mass is 9.79. The molecule has 0 saturated heterocycles. The van der Waals surface area contributed by atoms with Crippen LogP contribution in [-0.4, -0.2) is 14.8 Å². The quantitative estimate of drug-likeness (QED) is 0.821. The predicted molar refractivity (Wildman–Crippen MR) is 70.2 cm³/mol. The van der Waals surface area contributed by atoms with Crippen molar-refractivity contribution >= 4 is 11.6 Å². The van der Waals surface area contributed by atoms with Crippen molar-refractivity contribution in [2.75, 3.05) is 0 Å². The Bertz CT molecular complexity index is 375. The molecule has 0 radical (unpaired) electrons. The fourth-order valence-corrected chi connectivity index (χ4v) is 3.08. The Morgan fingerprint density at radius 1 is 1.24 bits per heavy atom. The van der Waals surface area contributed by atoms with Gasteiger partial charge in [0.05, 0.1) is 0 Å². The molecule has 0 bridgehead atoms. The van der Waals surface area contributed by atoms with Gasteiger partial charge in [0.25, 0.3) is 0 Å². The van der Waals surface area contributed by atoms with E-state index in [4.69, 9.17) is 11.6 Å². The number of aromatic nitrogens is 3. The summed E-state index contributed by atoms with van der Waals surface area (Å²) in [4.78, 5) is 0. The van der Waals surface area contributed by atoms with E-state index in [-0.39, 0.29) is 0 Å². The minimum Gasteiger partial charge on any atom is -0.299 e. The Balaban J connectivity index is 2.18. The molecule has 3 unspecified atom stereocenters. The number of nitrogens with zero attached hydrogens (tertiary/aromatic N) is 3. The number of aryl methyl sites for hydroxylation is 1. The molecule has 3 atom stereocenters. The maximum Gasteiger partial charge on any atom is 0.225 e. The van der Waals surface area contributed by atoms with Crippen LogP contribution < -0.4 is 0 Å². The fourth-order valence-electron chi connectivity index (χ4n) is 2.81. The fraction of sp³-hybridized carbons (Fsp3) is 0.846. The van der Waals surface area contributed by atoms with E-state index in [1.807, 2.05) is 0 Å². The van der Waals surface area contributed by atoms with Gasteiger partial charge in [0.15, 0.2) is 0 Å². The highest BCUT2D eigenvalue weighted by Crippen LogP contribution is 2.37. The zero-order valence-electron chi connectivity index (χ0n) is 11.0. The highest BCUT2D eigenvalue weighted by Gasteiger charge is 2.28. The summed E-state index contributed by atoms with van der Waals surface area (Å²) < 4.78 is 2.17. The van der Waals surface area contributed by atoms with E-state index in [0.29, 0.717) is 11.3 Å². The first-order valence-corrected chi connectivity index (χ1v) is 7.10. The highest BCUT2D eigenvalue weighted by molar-refractivity contribution is 6.28. The summed E-state index contributed by atoms with van der Waals surface area (Å²) >= 11 is 6.19. The second kappa shape index (κ2) is 5.38. The van der Waals surface area contributed by atoms with Gasteiger partial charge in [-0.15, -0.1) is 10.2 Å². The first kappa shape index (κ1) is 12.9. The normalized spacial score (nSPS) is 29.5. The van der Waals surface area contributed by atoms with Crippen LogP contribution in [0.25, 0.3) is 0 Å². The standard InChI is InChI=1S/C13H22ClN3/c1-4-5-12-15-16-13(14)17(12)11-7-6-9(2)10(3)8-11/h9-11H,4-8H2,1-3H3. The number of halogens is 1. The maximum atomic E-state index is 6.19. The molecule has 1 heterocycles. The summed E-state index contributed by atoms with van der Waals surface area (Å²) in [6.45, 7) is 6.86. The van der Waals surface area contributed by atoms with E-state index in [9.17, 15) is 0 Å². The molecular formula is C13H22ClN3. The minimum atomic E-state index is 0.505. The van der Waals surface area contributed by atoms with Crippen LogP contribution in [0.3, 0.4) is 0 Å². The van der Waals surface area contributed by atoms with Gasteiger partial charge in [-0.2, -0.15) is 0 Å². The lowest BCUT2D eigenvalue weighted by Crippen LogP contribution is -2.24. The Labute approximate surface area is 109 Å². The van der Waals surface area contributed by atoms with E-state index in [2.05, 4.69) is 35.5 Å². The lowest BCUT2D eigenvalue weighted by molar-refractivity contribution is 0.208. The molecule has 1 aromatic rings. The van der Waals surface area contributed by atoms with Crippen LogP contribution >= 0.6 is 11.6 Å². The van der Waals surface area contributed by atoms with Gasteiger partial charge in [-0.1, -0.05) is 20.8 Å². The first-order chi connectivity index (χ1) is 8.13. The summed E-state index contributed by atoms with van der Waals surface area (Å²) in [6, 6.07) is 0.505. The average Bonchev–Trinajstić information content (AvgIpc) is 2.65. The van der Waals surface area contributed by atoms with Crippen molar-refractivity contribution in [1.82, 2.24) is 14.8 Å². The molecule has 0 aromatic carbocycles. The zero-order valence-corrected chi connectivity index (χ0v) is 11.7. The molecule has 0 amide bonds. The largest absolute Gasteiger partial charge is 0.299 e. The van der Waals surface area contributed by atoms with E-state index in [0.717, 1.165) is 30.5 Å². The van der Waals surface area contributed by atoms with Gasteiger partial charge in [-0.05, 0) is 49.1 Å². The lowest BCUT2D eigenvalue weighted by Gasteiger charge is -2.33. The minimum absolute atomic E-state index is 0.505. The molecule has 1 saturated carbocycles. The second-order valence-electron chi connectivity index (χ2n) is 5.43. The first-order valence-electron chi connectivity index (χ1n) is 6.72. The SMILES string of the molecule is CCCc1nnc(Cl)n1C1CCC(C)C(C)C1. The molecule has 0 aliphatic heterocycles. The van der Waals surface area contributed by atoms with Gasteiger partial charge in [0.1, 0.15) is 5.82 Å². The van der Waals surface area contributed by atoms with Gasteiger partial charge in [-0.3, -0.25) is 4.57 Å². The van der Waals surface area contributed by atoms with Crippen molar-refractivity contribution in [2.45, 2.75) is 58.9 Å². The molecule has 3 nitrogen and oxygen atoms in total. The van der Waals surface area contributed by atoms with Gasteiger partial charge in [0, 0.05) is 12.5 Å². The zero-order chi connectivity index (χ0) is 12.4. The number of hydrogen-bond acceptors (Lipinski definition) is 2. The van der Waals surface area contributed by atoms with E-state index in [1.54, 1.807) is 0 Å². The van der Waals surface area contributed by atoms with Crippen molar-refractivity contribution in [3.63, 3.8) is 0 Å². The predicted octanol–water partition coefficient (Wildman–Crippen LogP) is 3.88. The highest BCUT2D eigenvalue weighted by atomic mass is 35.5. The van der Waals surface area contributed by atoms with Crippen LogP contribution in [0.2, 0.25) is 5.28 Å². The van der Waals surface area contributed by atoms with Crippen molar-refractivity contribution in [3.8, 4) is 0 Å². The Hall–Kier alpha value is -0.570. The molecule has 1 aliphatic carbocycles. The molecule has 1 aliphatic rings. The summed E-state index contributed by atoms with van der Waals surface area (Å²) in [5.41, 5.74) is 0. The maximum absolute atomic E-state index is 6.19. The van der Waals surface area contributed by atoms with Crippen molar-refractivity contribution in [1.29, 1.82) is 0 Å². The van der Waals surface area contributed by atoms with Crippen LogP contribution in [0.4, 0.5) is 0 Å². The van der Waals surface area contributed by atoms with Crippen molar-refractivity contribution < 1.29 is 0 Å². The smallest absolute Gasteiger partial charge is 0.225 e. The Morgan fingerprint density at radius 2 is 2.00 bits per heavy atom. The molecular weight excluding hydrogens is 234 g/mol. The molecule has 2 rings (SSSR count). The van der Waals surface area contributed by atoms with E-state index in [1.165, 1.54) is 19.3 Å². The molecule has 1 fully saturated rings. The second-order valence-corrected chi connectivity index (χ2v) is 5.76. The van der Waals surface area contributed by atoms with E-state index < -0.39 is 0 Å². The third kappa shape index (κ3) is 2.65. The number of rotatable bonds is 3. The molecule has 1 aromatic heterocycles. The van der Waals surface area contributed by atoms with Gasteiger partial charge >= 0.3 is 0 Å². The Morgan fingerprint density at radius 3 is 2.65 bits per heavy atom. The topological polar surface area (TPSA) is 30.7 Å². The van der Waals surface area contributed by atoms with Gasteiger partial charge < -0.3 is 0 Å². The van der Waals surface area contributed by atoms with Crippen LogP contribution in [0.5, 0.6) is 0 Å². The third-order valence-electron chi connectivity index (χ3n) is 4.13. The monoisotopic (exact) mass is 255 g/mol. The van der Waals surface area contributed by atoms with Gasteiger partial charge in [-0.25, -0.2) is 0 Å². The van der Waals surface area contributed by atoms with Crippen molar-refractivity contribution in [3.05, 3.63) is 11.1 Å². The van der Waals surface area contributed by atoms with E-state index >= 15 is 0 Å². The van der Waals surface area contributed by atoms with Crippen LogP contribution in [-0.2, 0) is 6.42 Å². The molecule has 17 heavy (non-hydrogen) atoms. The van der Waals surface area contributed by atoms with Crippen LogP contribution in [0.1, 0.15) is 58.3 Å². The van der Waals surface area contributed by atoms with Crippen molar-refractivity contribution in [2.24, 2.45) is 11.8 Å². The van der Waals surface area contributed by atoms with Crippen LogP contribution in [0.15, 0.2) is 0 Å². The summed E-state index contributed by atoms with van der Waals surface area (Å²) in [5, 5.41) is 8.81. The molecule has 0 spiro atoms. The average molecular weight is 256 g/mol. The molecule has 96 valence electrons. The molecule has 0 N–H and O–H groups in total. The Kier molecular flexibility index (Phi) is 4.08. The summed E-state index contributed by atoms with van der Waals surface area (Å²) in [6.07, 6.45) is 5.76. The van der Waals surface area contributed by atoms with Gasteiger partial charge in [0.2, 0.25) is 5.28 Å². The summed E-state index contributed by atoms with van der Waals surface area (Å²) in [7, 11) is 0. The molecule has 4 heteroatoms. The summed E-state index contributed by atoms with van der Waals surface area (Å²) in [5.74, 6) is 2.65. The van der Waals surface area contributed by atoms with Crippen LogP contribution in [0, 0.1) is 11.8 Å². The number of hydrogen-bond donors (Lipinski definition) is 0. The third-order valence-corrected chi connectivity index (χ3v) is 4.39.